The standard InChI is InChI=1S/C13H12F3NO3S/c14-13(15,16)9-1-3-10(4-2-9)17-11-7-21(19,20)6-8(11)5-12(17)18/h1-4,8,11H,5-7H2. The molecule has 2 unspecified atom stereocenters. The fraction of sp³-hybridized carbons (Fsp3) is 0.462. The molecule has 0 aromatic heterocycles. The average Bonchev–Trinajstić information content (AvgIpc) is 2.78. The van der Waals surface area contributed by atoms with Crippen molar-refractivity contribution in [2.24, 2.45) is 5.92 Å². The van der Waals surface area contributed by atoms with Gasteiger partial charge in [-0.3, -0.25) is 4.79 Å². The molecule has 114 valence electrons. The molecule has 8 heteroatoms. The number of carbonyl (C=O) groups is 1. The molecule has 2 aliphatic heterocycles. The van der Waals surface area contributed by atoms with Crippen LogP contribution < -0.4 is 4.90 Å². The number of sulfone groups is 1. The molecule has 2 atom stereocenters. The summed E-state index contributed by atoms with van der Waals surface area (Å²) in [6, 6.07) is 3.78. The first-order valence-corrected chi connectivity index (χ1v) is 8.19. The second kappa shape index (κ2) is 4.46. The molecule has 3 rings (SSSR count). The van der Waals surface area contributed by atoms with E-state index in [2.05, 4.69) is 0 Å². The summed E-state index contributed by atoms with van der Waals surface area (Å²) in [5, 5.41) is 0. The van der Waals surface area contributed by atoms with Gasteiger partial charge in [-0.05, 0) is 24.3 Å². The molecule has 2 heterocycles. The molecule has 0 N–H and O–H groups in total. The maximum absolute atomic E-state index is 12.5. The van der Waals surface area contributed by atoms with Crippen molar-refractivity contribution in [2.75, 3.05) is 16.4 Å². The van der Waals surface area contributed by atoms with Crippen molar-refractivity contribution in [3.8, 4) is 0 Å². The van der Waals surface area contributed by atoms with Gasteiger partial charge in [0.2, 0.25) is 5.91 Å². The maximum Gasteiger partial charge on any atom is 0.416 e. The Morgan fingerprint density at radius 1 is 1.10 bits per heavy atom. The number of amides is 1. The number of alkyl halides is 3. The highest BCUT2D eigenvalue weighted by Crippen LogP contribution is 2.38. The topological polar surface area (TPSA) is 54.5 Å². The first kappa shape index (κ1) is 14.4. The van der Waals surface area contributed by atoms with Crippen molar-refractivity contribution in [1.82, 2.24) is 0 Å². The Balaban J connectivity index is 1.91. The fourth-order valence-corrected chi connectivity index (χ4v) is 5.11. The normalized spacial score (nSPS) is 28.0. The third-order valence-corrected chi connectivity index (χ3v) is 5.73. The van der Waals surface area contributed by atoms with E-state index in [0.717, 1.165) is 12.1 Å². The van der Waals surface area contributed by atoms with Crippen LogP contribution in [0.2, 0.25) is 0 Å². The van der Waals surface area contributed by atoms with Crippen LogP contribution >= 0.6 is 0 Å². The molecule has 0 radical (unpaired) electrons. The molecule has 0 saturated carbocycles. The van der Waals surface area contributed by atoms with Crippen molar-refractivity contribution >= 4 is 21.4 Å². The minimum absolute atomic E-state index is 0.0272. The van der Waals surface area contributed by atoms with Gasteiger partial charge in [-0.2, -0.15) is 13.2 Å². The molecule has 2 fully saturated rings. The molecule has 2 aliphatic rings. The van der Waals surface area contributed by atoms with E-state index in [-0.39, 0.29) is 29.8 Å². The maximum atomic E-state index is 12.5. The molecule has 0 spiro atoms. The molecule has 0 aliphatic carbocycles. The van der Waals surface area contributed by atoms with Gasteiger partial charge in [-0.1, -0.05) is 0 Å². The molecule has 1 aromatic rings. The van der Waals surface area contributed by atoms with E-state index in [4.69, 9.17) is 0 Å². The molecule has 1 amide bonds. The van der Waals surface area contributed by atoms with E-state index in [1.807, 2.05) is 0 Å². The van der Waals surface area contributed by atoms with Gasteiger partial charge in [0.25, 0.3) is 0 Å². The van der Waals surface area contributed by atoms with Crippen molar-refractivity contribution in [2.45, 2.75) is 18.6 Å². The van der Waals surface area contributed by atoms with Gasteiger partial charge in [0.1, 0.15) is 0 Å². The van der Waals surface area contributed by atoms with Gasteiger partial charge in [-0.15, -0.1) is 0 Å². The lowest BCUT2D eigenvalue weighted by atomic mass is 10.0. The Morgan fingerprint density at radius 3 is 2.29 bits per heavy atom. The number of hydrogen-bond acceptors (Lipinski definition) is 3. The molecule has 4 nitrogen and oxygen atoms in total. The summed E-state index contributed by atoms with van der Waals surface area (Å²) in [4.78, 5) is 13.3. The number of hydrogen-bond donors (Lipinski definition) is 0. The van der Waals surface area contributed by atoms with Crippen molar-refractivity contribution in [3.63, 3.8) is 0 Å². The number of nitrogens with zero attached hydrogens (tertiary/aromatic N) is 1. The Kier molecular flexibility index (Phi) is 3.05. The highest BCUT2D eigenvalue weighted by Gasteiger charge is 2.49. The quantitative estimate of drug-likeness (QED) is 0.794. The Bertz CT molecular complexity index is 682. The van der Waals surface area contributed by atoms with Crippen LogP contribution in [0.15, 0.2) is 24.3 Å². The minimum Gasteiger partial charge on any atom is -0.308 e. The lowest BCUT2D eigenvalue weighted by molar-refractivity contribution is -0.137. The lowest BCUT2D eigenvalue weighted by Crippen LogP contribution is -2.36. The smallest absolute Gasteiger partial charge is 0.308 e. The summed E-state index contributed by atoms with van der Waals surface area (Å²) in [6.07, 6.45) is -4.31. The highest BCUT2D eigenvalue weighted by molar-refractivity contribution is 7.91. The van der Waals surface area contributed by atoms with E-state index in [0.29, 0.717) is 5.69 Å². The van der Waals surface area contributed by atoms with E-state index in [1.165, 1.54) is 17.0 Å². The number of rotatable bonds is 1. The Morgan fingerprint density at radius 2 is 1.71 bits per heavy atom. The first-order chi connectivity index (χ1) is 9.67. The van der Waals surface area contributed by atoms with E-state index >= 15 is 0 Å². The first-order valence-electron chi connectivity index (χ1n) is 6.37. The van der Waals surface area contributed by atoms with Crippen LogP contribution in [0.25, 0.3) is 0 Å². The van der Waals surface area contributed by atoms with Gasteiger partial charge in [0, 0.05) is 18.0 Å². The van der Waals surface area contributed by atoms with Crippen molar-refractivity contribution in [1.29, 1.82) is 0 Å². The Hall–Kier alpha value is -1.57. The summed E-state index contributed by atoms with van der Waals surface area (Å²) in [6.45, 7) is 0. The van der Waals surface area contributed by atoms with Crippen LogP contribution in [0.1, 0.15) is 12.0 Å². The van der Waals surface area contributed by atoms with Gasteiger partial charge in [-0.25, -0.2) is 8.42 Å². The van der Waals surface area contributed by atoms with Crippen LogP contribution in [0.4, 0.5) is 18.9 Å². The average molecular weight is 319 g/mol. The highest BCUT2D eigenvalue weighted by atomic mass is 32.2. The van der Waals surface area contributed by atoms with Crippen LogP contribution in [-0.4, -0.2) is 31.9 Å². The zero-order valence-electron chi connectivity index (χ0n) is 10.8. The number of benzene rings is 1. The van der Waals surface area contributed by atoms with Crippen molar-refractivity contribution in [3.05, 3.63) is 29.8 Å². The zero-order chi connectivity index (χ0) is 15.4. The molecule has 2 saturated heterocycles. The summed E-state index contributed by atoms with van der Waals surface area (Å²) in [5.74, 6) is -0.644. The van der Waals surface area contributed by atoms with E-state index in [9.17, 15) is 26.4 Å². The number of carbonyl (C=O) groups excluding carboxylic acids is 1. The lowest BCUT2D eigenvalue weighted by Gasteiger charge is -2.23. The molecule has 0 bridgehead atoms. The summed E-state index contributed by atoms with van der Waals surface area (Å²) in [5.41, 5.74) is -0.480. The molecular formula is C13H12F3NO3S. The molecule has 21 heavy (non-hydrogen) atoms. The van der Waals surface area contributed by atoms with Crippen LogP contribution in [0, 0.1) is 5.92 Å². The largest absolute Gasteiger partial charge is 0.416 e. The summed E-state index contributed by atoms with van der Waals surface area (Å²) >= 11 is 0. The van der Waals surface area contributed by atoms with Gasteiger partial charge in [0.05, 0.1) is 23.1 Å². The predicted molar refractivity (Wildman–Crippen MR) is 69.5 cm³/mol. The Labute approximate surface area is 119 Å². The number of halogens is 3. The second-order valence-electron chi connectivity index (χ2n) is 5.42. The van der Waals surface area contributed by atoms with E-state index < -0.39 is 27.6 Å². The van der Waals surface area contributed by atoms with Gasteiger partial charge >= 0.3 is 6.18 Å². The number of anilines is 1. The zero-order valence-corrected chi connectivity index (χ0v) is 11.6. The molecule has 1 aromatic carbocycles. The van der Waals surface area contributed by atoms with Crippen LogP contribution in [-0.2, 0) is 20.8 Å². The van der Waals surface area contributed by atoms with Crippen LogP contribution in [0.5, 0.6) is 0 Å². The predicted octanol–water partition coefficient (Wildman–Crippen LogP) is 1.86. The van der Waals surface area contributed by atoms with Crippen molar-refractivity contribution < 1.29 is 26.4 Å². The SMILES string of the molecule is O=C1CC2CS(=O)(=O)CC2N1c1ccc(C(F)(F)F)cc1. The fourth-order valence-electron chi connectivity index (χ4n) is 3.04. The molecular weight excluding hydrogens is 307 g/mol. The monoisotopic (exact) mass is 319 g/mol. The third kappa shape index (κ3) is 2.52. The minimum atomic E-state index is -4.44. The van der Waals surface area contributed by atoms with Gasteiger partial charge in [0.15, 0.2) is 9.84 Å². The summed E-state index contributed by atoms with van der Waals surface area (Å²) in [7, 11) is -3.18. The second-order valence-corrected chi connectivity index (χ2v) is 7.57. The van der Waals surface area contributed by atoms with Crippen LogP contribution in [0.3, 0.4) is 0 Å². The third-order valence-electron chi connectivity index (χ3n) is 3.95. The summed E-state index contributed by atoms with van der Waals surface area (Å²) < 4.78 is 60.8. The van der Waals surface area contributed by atoms with Gasteiger partial charge < -0.3 is 4.90 Å². The van der Waals surface area contributed by atoms with E-state index in [1.54, 1.807) is 0 Å². The number of fused-ring (bicyclic) bond motifs is 1.